The van der Waals surface area contributed by atoms with Crippen LogP contribution < -0.4 is 0 Å². The molecule has 0 saturated carbocycles. The third kappa shape index (κ3) is 2.64. The van der Waals surface area contributed by atoms with Gasteiger partial charge in [0.15, 0.2) is 6.10 Å². The van der Waals surface area contributed by atoms with Crippen molar-refractivity contribution in [3.63, 3.8) is 0 Å². The van der Waals surface area contributed by atoms with Gasteiger partial charge in [0.2, 0.25) is 0 Å². The van der Waals surface area contributed by atoms with Crippen LogP contribution in [0.1, 0.15) is 0 Å². The molecule has 0 amide bonds. The van der Waals surface area contributed by atoms with Crippen molar-refractivity contribution in [2.75, 3.05) is 13.8 Å². The van der Waals surface area contributed by atoms with E-state index in [2.05, 4.69) is 4.74 Å². The predicted octanol–water partition coefficient (Wildman–Crippen LogP) is 1.53. The number of ether oxygens (including phenoxy) is 1. The molecule has 0 aliphatic carbocycles. The largest absolute Gasteiger partial charge is 0.417 e. The van der Waals surface area contributed by atoms with Crippen molar-refractivity contribution in [2.24, 2.45) is 0 Å². The molecular weight excluding hydrogens is 140 g/mol. The van der Waals surface area contributed by atoms with Crippen molar-refractivity contribution < 1.29 is 22.3 Å². The summed E-state index contributed by atoms with van der Waals surface area (Å²) in [5.74, 6) is 0. The molecule has 0 bridgehead atoms. The zero-order chi connectivity index (χ0) is 7.49. The zero-order valence-corrected chi connectivity index (χ0v) is 4.70. The molecule has 0 N–H and O–H groups in total. The van der Waals surface area contributed by atoms with E-state index in [4.69, 9.17) is 0 Å². The summed E-state index contributed by atoms with van der Waals surface area (Å²) in [5, 5.41) is 0. The minimum Gasteiger partial charge on any atom is -0.369 e. The van der Waals surface area contributed by atoms with Crippen LogP contribution in [0.5, 0.6) is 0 Å². The molecule has 9 heavy (non-hydrogen) atoms. The van der Waals surface area contributed by atoms with Gasteiger partial charge in [-0.1, -0.05) is 0 Å². The highest BCUT2D eigenvalue weighted by molar-refractivity contribution is 4.64. The number of rotatable bonds is 2. The Morgan fingerprint density at radius 3 is 1.89 bits per heavy atom. The average molecular weight is 146 g/mol. The maximum atomic E-state index is 11.4. The second kappa shape index (κ2) is 3.00. The first-order valence-corrected chi connectivity index (χ1v) is 2.18. The van der Waals surface area contributed by atoms with E-state index < -0.39 is 19.0 Å². The van der Waals surface area contributed by atoms with Crippen LogP contribution >= 0.6 is 0 Å². The molecule has 0 spiro atoms. The van der Waals surface area contributed by atoms with Gasteiger partial charge in [-0.05, 0) is 0 Å². The number of hydrogen-bond acceptors (Lipinski definition) is 1. The molecule has 0 aromatic rings. The molecular formula is C4H6F4O. The summed E-state index contributed by atoms with van der Waals surface area (Å²) in [4.78, 5) is 0. The topological polar surface area (TPSA) is 9.23 Å². The Balaban J connectivity index is 3.79. The van der Waals surface area contributed by atoms with E-state index in [0.717, 1.165) is 7.11 Å². The molecule has 1 unspecified atom stereocenters. The number of hydrogen-bond donors (Lipinski definition) is 0. The van der Waals surface area contributed by atoms with Crippen LogP contribution in [0, 0.1) is 0 Å². The smallest absolute Gasteiger partial charge is 0.369 e. The standard InChI is InChI=1S/C4H6F4O/c1-9-3(2-5)4(6,7)8/h3H,2H2,1H3. The van der Waals surface area contributed by atoms with Crippen molar-refractivity contribution in [2.45, 2.75) is 12.3 Å². The predicted molar refractivity (Wildman–Crippen MR) is 22.8 cm³/mol. The van der Waals surface area contributed by atoms with E-state index >= 15 is 0 Å². The Labute approximate surface area is 49.6 Å². The first-order valence-electron chi connectivity index (χ1n) is 2.18. The molecule has 0 aromatic carbocycles. The molecule has 0 rings (SSSR count). The molecule has 0 aliphatic rings. The first-order chi connectivity index (χ1) is 4.02. The van der Waals surface area contributed by atoms with Crippen LogP contribution in [0.25, 0.3) is 0 Å². The number of alkyl halides is 4. The van der Waals surface area contributed by atoms with E-state index in [1.165, 1.54) is 0 Å². The van der Waals surface area contributed by atoms with E-state index in [1.807, 2.05) is 0 Å². The van der Waals surface area contributed by atoms with Crippen molar-refractivity contribution in [3.05, 3.63) is 0 Å². The van der Waals surface area contributed by atoms with Gasteiger partial charge < -0.3 is 4.74 Å². The molecule has 0 aromatic heterocycles. The van der Waals surface area contributed by atoms with Crippen molar-refractivity contribution >= 4 is 0 Å². The third-order valence-electron chi connectivity index (χ3n) is 0.790. The van der Waals surface area contributed by atoms with Crippen molar-refractivity contribution in [3.8, 4) is 0 Å². The van der Waals surface area contributed by atoms with E-state index in [-0.39, 0.29) is 0 Å². The second-order valence-electron chi connectivity index (χ2n) is 1.42. The minimum atomic E-state index is -4.58. The molecule has 0 fully saturated rings. The monoisotopic (exact) mass is 146 g/mol. The van der Waals surface area contributed by atoms with Crippen LogP contribution in [0.15, 0.2) is 0 Å². The lowest BCUT2D eigenvalue weighted by molar-refractivity contribution is -0.216. The normalized spacial score (nSPS) is 15.7. The van der Waals surface area contributed by atoms with Crippen LogP contribution in [0.4, 0.5) is 17.6 Å². The number of methoxy groups -OCH3 is 1. The Kier molecular flexibility index (Phi) is 2.90. The summed E-state index contributed by atoms with van der Waals surface area (Å²) >= 11 is 0. The SMILES string of the molecule is COC(CF)C(F)(F)F. The van der Waals surface area contributed by atoms with Gasteiger partial charge in [0.25, 0.3) is 0 Å². The van der Waals surface area contributed by atoms with Gasteiger partial charge >= 0.3 is 6.18 Å². The number of halogens is 4. The molecule has 56 valence electrons. The van der Waals surface area contributed by atoms with E-state index in [9.17, 15) is 17.6 Å². The highest BCUT2D eigenvalue weighted by atomic mass is 19.4. The van der Waals surface area contributed by atoms with Crippen LogP contribution in [-0.4, -0.2) is 26.1 Å². The fourth-order valence-corrected chi connectivity index (χ4v) is 0.284. The lowest BCUT2D eigenvalue weighted by Crippen LogP contribution is -2.32. The average Bonchev–Trinajstić information content (AvgIpc) is 1.65. The third-order valence-corrected chi connectivity index (χ3v) is 0.790. The van der Waals surface area contributed by atoms with Crippen molar-refractivity contribution in [1.82, 2.24) is 0 Å². The summed E-state index contributed by atoms with van der Waals surface area (Å²) in [6.07, 6.45) is -6.85. The Morgan fingerprint density at radius 1 is 1.44 bits per heavy atom. The van der Waals surface area contributed by atoms with Crippen LogP contribution in [0.2, 0.25) is 0 Å². The molecule has 0 heterocycles. The quantitative estimate of drug-likeness (QED) is 0.537. The summed E-state index contributed by atoms with van der Waals surface area (Å²) in [6.45, 7) is -1.53. The van der Waals surface area contributed by atoms with Gasteiger partial charge in [0, 0.05) is 7.11 Å². The lowest BCUT2D eigenvalue weighted by atomic mass is 10.4. The van der Waals surface area contributed by atoms with Gasteiger partial charge in [0.05, 0.1) is 0 Å². The molecule has 0 radical (unpaired) electrons. The lowest BCUT2D eigenvalue weighted by Gasteiger charge is -2.13. The Morgan fingerprint density at radius 2 is 1.89 bits per heavy atom. The highest BCUT2D eigenvalue weighted by Crippen LogP contribution is 2.22. The fraction of sp³-hybridized carbons (Fsp3) is 1.00. The molecule has 5 heteroatoms. The maximum Gasteiger partial charge on any atom is 0.417 e. The summed E-state index contributed by atoms with van der Waals surface area (Å²) in [6, 6.07) is 0. The second-order valence-corrected chi connectivity index (χ2v) is 1.42. The summed E-state index contributed by atoms with van der Waals surface area (Å²) < 4.78 is 49.1. The van der Waals surface area contributed by atoms with Gasteiger partial charge in [-0.25, -0.2) is 4.39 Å². The Bertz CT molecular complexity index is 75.1. The maximum absolute atomic E-state index is 11.4. The van der Waals surface area contributed by atoms with Crippen molar-refractivity contribution in [1.29, 1.82) is 0 Å². The van der Waals surface area contributed by atoms with Gasteiger partial charge in [0.1, 0.15) is 6.67 Å². The van der Waals surface area contributed by atoms with Crippen LogP contribution in [-0.2, 0) is 4.74 Å². The fourth-order valence-electron chi connectivity index (χ4n) is 0.284. The summed E-state index contributed by atoms with van der Waals surface area (Å²) in [5.41, 5.74) is 0. The van der Waals surface area contributed by atoms with Gasteiger partial charge in [-0.15, -0.1) is 0 Å². The van der Waals surface area contributed by atoms with E-state index in [1.54, 1.807) is 0 Å². The van der Waals surface area contributed by atoms with Crippen LogP contribution in [0.3, 0.4) is 0 Å². The zero-order valence-electron chi connectivity index (χ0n) is 4.70. The molecule has 0 aliphatic heterocycles. The molecule has 1 atom stereocenters. The Hall–Kier alpha value is -0.320. The van der Waals surface area contributed by atoms with E-state index in [0.29, 0.717) is 0 Å². The van der Waals surface area contributed by atoms with Gasteiger partial charge in [-0.2, -0.15) is 13.2 Å². The first kappa shape index (κ1) is 8.68. The highest BCUT2D eigenvalue weighted by Gasteiger charge is 2.39. The van der Waals surface area contributed by atoms with Gasteiger partial charge in [-0.3, -0.25) is 0 Å². The summed E-state index contributed by atoms with van der Waals surface area (Å²) in [7, 11) is 0.817. The molecule has 0 saturated heterocycles. The minimum absolute atomic E-state index is 0.817. The molecule has 1 nitrogen and oxygen atoms in total.